The molecular weight excluding hydrogens is 404 g/mol. The van der Waals surface area contributed by atoms with Crippen molar-refractivity contribution in [3.05, 3.63) is 96.7 Å². The number of nitrogens with zero attached hydrogens (tertiary/aromatic N) is 4. The van der Waals surface area contributed by atoms with Crippen molar-refractivity contribution in [2.45, 2.75) is 13.0 Å². The lowest BCUT2D eigenvalue weighted by Gasteiger charge is -2.35. The molecule has 0 unspecified atom stereocenters. The molecule has 0 saturated carbocycles. The van der Waals surface area contributed by atoms with Gasteiger partial charge in [0.2, 0.25) is 0 Å². The van der Waals surface area contributed by atoms with Crippen LogP contribution in [0.4, 0.5) is 0 Å². The fraction of sp³-hybridized carbons (Fsp3) is 0.310. The molecule has 3 aromatic carbocycles. The van der Waals surface area contributed by atoms with Crippen LogP contribution in [0.25, 0.3) is 22.0 Å². The fourth-order valence-corrected chi connectivity index (χ4v) is 4.94. The first kappa shape index (κ1) is 21.7. The molecule has 0 amide bonds. The Morgan fingerprint density at radius 3 is 2.12 bits per heavy atom. The number of hydrogen-bond donors (Lipinski definition) is 0. The molecule has 5 rings (SSSR count). The van der Waals surface area contributed by atoms with Crippen LogP contribution < -0.4 is 5.01 Å². The first-order chi connectivity index (χ1) is 16.3. The molecule has 1 aliphatic heterocycles. The van der Waals surface area contributed by atoms with Crippen LogP contribution in [-0.4, -0.2) is 60.8 Å². The highest BCUT2D eigenvalue weighted by molar-refractivity contribution is 5.96. The first-order valence-corrected chi connectivity index (χ1v) is 12.1. The van der Waals surface area contributed by atoms with E-state index in [9.17, 15) is 0 Å². The van der Waals surface area contributed by atoms with Crippen molar-refractivity contribution in [2.75, 3.05) is 51.3 Å². The van der Waals surface area contributed by atoms with Crippen molar-refractivity contribution in [1.82, 2.24) is 14.5 Å². The molecule has 1 saturated heterocycles. The van der Waals surface area contributed by atoms with Crippen molar-refractivity contribution >= 4 is 10.9 Å². The van der Waals surface area contributed by atoms with E-state index in [1.165, 1.54) is 47.1 Å². The molecule has 4 nitrogen and oxygen atoms in total. The number of fused-ring (bicyclic) bond motifs is 1. The molecule has 0 aliphatic carbocycles. The summed E-state index contributed by atoms with van der Waals surface area (Å²) in [5, 5.41) is 3.67. The topological polar surface area (TPSA) is 14.7 Å². The van der Waals surface area contributed by atoms with E-state index in [-0.39, 0.29) is 0 Å². The number of hydrogen-bond acceptors (Lipinski definition) is 3. The summed E-state index contributed by atoms with van der Waals surface area (Å²) in [6.07, 6.45) is 3.46. The van der Waals surface area contributed by atoms with E-state index in [4.69, 9.17) is 0 Å². The first-order valence-electron chi connectivity index (χ1n) is 12.1. The molecule has 33 heavy (non-hydrogen) atoms. The molecule has 0 bridgehead atoms. The third kappa shape index (κ3) is 5.13. The van der Waals surface area contributed by atoms with E-state index in [0.717, 1.165) is 32.7 Å². The summed E-state index contributed by atoms with van der Waals surface area (Å²) in [6, 6.07) is 30.3. The maximum Gasteiger partial charge on any atom is 0.0701 e. The van der Waals surface area contributed by atoms with Gasteiger partial charge in [-0.25, -0.2) is 0 Å². The molecule has 4 aromatic rings. The lowest BCUT2D eigenvalue weighted by Crippen LogP contribution is -2.46. The van der Waals surface area contributed by atoms with Gasteiger partial charge in [0.25, 0.3) is 0 Å². The van der Waals surface area contributed by atoms with Gasteiger partial charge in [0.1, 0.15) is 0 Å². The normalized spacial score (nSPS) is 15.2. The molecule has 2 heterocycles. The maximum absolute atomic E-state index is 2.62. The number of rotatable bonds is 8. The van der Waals surface area contributed by atoms with Crippen LogP contribution in [0.2, 0.25) is 0 Å². The smallest absolute Gasteiger partial charge is 0.0701 e. The Hall–Kier alpha value is -3.08. The Labute approximate surface area is 197 Å². The molecular formula is C29H34N4. The van der Waals surface area contributed by atoms with E-state index in [1.54, 1.807) is 0 Å². The van der Waals surface area contributed by atoms with Gasteiger partial charge in [0.05, 0.1) is 5.52 Å². The third-order valence-electron chi connectivity index (χ3n) is 6.82. The van der Waals surface area contributed by atoms with Gasteiger partial charge >= 0.3 is 0 Å². The highest BCUT2D eigenvalue weighted by atomic mass is 15.5. The van der Waals surface area contributed by atoms with Crippen LogP contribution in [0.1, 0.15) is 12.0 Å². The number of para-hydroxylation sites is 1. The largest absolute Gasteiger partial charge is 0.316 e. The monoisotopic (exact) mass is 438 g/mol. The van der Waals surface area contributed by atoms with Crippen LogP contribution >= 0.6 is 0 Å². The minimum atomic E-state index is 1.04. The molecule has 1 fully saturated rings. The highest BCUT2D eigenvalue weighted by Gasteiger charge is 2.17. The van der Waals surface area contributed by atoms with Gasteiger partial charge in [0.15, 0.2) is 0 Å². The van der Waals surface area contributed by atoms with Crippen molar-refractivity contribution < 1.29 is 0 Å². The Bertz CT molecular complexity index is 1140. The Balaban J connectivity index is 1.16. The van der Waals surface area contributed by atoms with Gasteiger partial charge in [-0.15, -0.1) is 0 Å². The molecule has 4 heteroatoms. The zero-order valence-corrected chi connectivity index (χ0v) is 19.6. The second-order valence-corrected chi connectivity index (χ2v) is 9.11. The van der Waals surface area contributed by atoms with Crippen molar-refractivity contribution in [1.29, 1.82) is 0 Å². The minimum absolute atomic E-state index is 1.04. The Morgan fingerprint density at radius 1 is 0.727 bits per heavy atom. The number of aromatic nitrogens is 1. The SMILES string of the molecule is CN(CCCN1CCN(Cc2ccccc2)CC1)n1cc(-c2ccccc2)c2ccccc21. The van der Waals surface area contributed by atoms with Gasteiger partial charge in [-0.1, -0.05) is 78.9 Å². The number of piperazine rings is 1. The summed E-state index contributed by atoms with van der Waals surface area (Å²) >= 11 is 0. The van der Waals surface area contributed by atoms with Crippen LogP contribution in [0.5, 0.6) is 0 Å². The van der Waals surface area contributed by atoms with E-state index in [2.05, 4.69) is 118 Å². The lowest BCUT2D eigenvalue weighted by molar-refractivity contribution is 0.126. The van der Waals surface area contributed by atoms with E-state index in [0.29, 0.717) is 0 Å². The molecule has 170 valence electrons. The average molecular weight is 439 g/mol. The second kappa shape index (κ2) is 10.2. The lowest BCUT2D eigenvalue weighted by atomic mass is 10.1. The van der Waals surface area contributed by atoms with Crippen LogP contribution in [-0.2, 0) is 6.54 Å². The summed E-state index contributed by atoms with van der Waals surface area (Å²) in [5.74, 6) is 0. The van der Waals surface area contributed by atoms with E-state index in [1.807, 2.05) is 0 Å². The van der Waals surface area contributed by atoms with Crippen molar-refractivity contribution in [2.24, 2.45) is 0 Å². The summed E-state index contributed by atoms with van der Waals surface area (Å²) in [6.45, 7) is 7.93. The van der Waals surface area contributed by atoms with Gasteiger partial charge in [-0.05, 0) is 30.2 Å². The Kier molecular flexibility index (Phi) is 6.75. The molecule has 1 aromatic heterocycles. The highest BCUT2D eigenvalue weighted by Crippen LogP contribution is 2.30. The summed E-state index contributed by atoms with van der Waals surface area (Å²) < 4.78 is 2.33. The Morgan fingerprint density at radius 2 is 1.36 bits per heavy atom. The summed E-state index contributed by atoms with van der Waals surface area (Å²) in [5.41, 5.74) is 5.26. The van der Waals surface area contributed by atoms with Crippen molar-refractivity contribution in [3.8, 4) is 11.1 Å². The zero-order valence-electron chi connectivity index (χ0n) is 19.6. The summed E-state index contributed by atoms with van der Waals surface area (Å²) in [4.78, 5) is 5.20. The van der Waals surface area contributed by atoms with Gasteiger partial charge in [-0.3, -0.25) is 9.58 Å². The molecule has 0 spiro atoms. The van der Waals surface area contributed by atoms with Crippen LogP contribution in [0.3, 0.4) is 0 Å². The van der Waals surface area contributed by atoms with Crippen LogP contribution in [0.15, 0.2) is 91.1 Å². The van der Waals surface area contributed by atoms with Gasteiger partial charge < -0.3 is 9.91 Å². The third-order valence-corrected chi connectivity index (χ3v) is 6.82. The predicted octanol–water partition coefficient (Wildman–Crippen LogP) is 5.08. The molecule has 1 aliphatic rings. The van der Waals surface area contributed by atoms with Gasteiger partial charge in [0, 0.05) is 63.5 Å². The zero-order chi connectivity index (χ0) is 22.5. The predicted molar refractivity (Wildman–Crippen MR) is 139 cm³/mol. The quantitative estimate of drug-likeness (QED) is 0.381. The van der Waals surface area contributed by atoms with E-state index < -0.39 is 0 Å². The van der Waals surface area contributed by atoms with Crippen molar-refractivity contribution in [3.63, 3.8) is 0 Å². The summed E-state index contributed by atoms with van der Waals surface area (Å²) in [7, 11) is 2.21. The average Bonchev–Trinajstić information content (AvgIpc) is 3.26. The van der Waals surface area contributed by atoms with Crippen LogP contribution in [0, 0.1) is 0 Å². The molecule has 0 N–H and O–H groups in total. The molecule has 0 atom stereocenters. The number of benzene rings is 3. The van der Waals surface area contributed by atoms with E-state index >= 15 is 0 Å². The minimum Gasteiger partial charge on any atom is -0.316 e. The molecule has 0 radical (unpaired) electrons. The van der Waals surface area contributed by atoms with Gasteiger partial charge in [-0.2, -0.15) is 0 Å². The fourth-order valence-electron chi connectivity index (χ4n) is 4.94. The maximum atomic E-state index is 2.62. The second-order valence-electron chi connectivity index (χ2n) is 9.11. The standard InChI is InChI=1S/C29H34N4/c1-30(17-10-18-31-19-21-32(22-20-31)23-25-11-4-2-5-12-25)33-24-28(26-13-6-3-7-14-26)27-15-8-9-16-29(27)33/h2-9,11-16,24H,10,17-23H2,1H3.